The molecule has 0 aliphatic heterocycles. The van der Waals surface area contributed by atoms with Crippen molar-refractivity contribution in [1.82, 2.24) is 10.3 Å². The third-order valence-electron chi connectivity index (χ3n) is 3.01. The van der Waals surface area contributed by atoms with Crippen LogP contribution in [-0.4, -0.2) is 21.9 Å². The van der Waals surface area contributed by atoms with Gasteiger partial charge in [-0.25, -0.2) is 4.98 Å². The molecule has 3 N–H and O–H groups in total. The van der Waals surface area contributed by atoms with Crippen LogP contribution in [0.1, 0.15) is 24.9 Å². The Bertz CT molecular complexity index is 659. The molecule has 1 atom stereocenters. The molecule has 0 bridgehead atoms. The number of aromatic hydroxyl groups is 1. The van der Waals surface area contributed by atoms with E-state index in [1.54, 1.807) is 6.07 Å². The van der Waals surface area contributed by atoms with Crippen LogP contribution >= 0.6 is 0 Å². The monoisotopic (exact) mass is 299 g/mol. The molecule has 1 heterocycles. The molecule has 22 heavy (non-hydrogen) atoms. The second-order valence-corrected chi connectivity index (χ2v) is 4.79. The molecular weight excluding hydrogens is 282 g/mol. The largest absolute Gasteiger partial charge is 0.504 e. The Morgan fingerprint density at radius 1 is 1.18 bits per heavy atom. The molecule has 6 nitrogen and oxygen atoms in total. The van der Waals surface area contributed by atoms with E-state index in [1.807, 2.05) is 30.3 Å². The summed E-state index contributed by atoms with van der Waals surface area (Å²) in [5.41, 5.74) is 0.832. The zero-order chi connectivity index (χ0) is 15.9. The zero-order valence-corrected chi connectivity index (χ0v) is 12.1. The number of nitrogens with zero attached hydrogens (tertiary/aromatic N) is 1. The minimum atomic E-state index is -0.440. The third-order valence-corrected chi connectivity index (χ3v) is 3.01. The highest BCUT2D eigenvalue weighted by Gasteiger charge is 2.18. The molecule has 2 rings (SSSR count). The minimum Gasteiger partial charge on any atom is -0.504 e. The van der Waals surface area contributed by atoms with E-state index in [1.165, 1.54) is 19.2 Å². The first-order valence-electron chi connectivity index (χ1n) is 6.82. The van der Waals surface area contributed by atoms with E-state index in [9.17, 15) is 14.7 Å². The van der Waals surface area contributed by atoms with Gasteiger partial charge in [0.2, 0.25) is 11.8 Å². The maximum atomic E-state index is 12.1. The van der Waals surface area contributed by atoms with Crippen LogP contribution < -0.4 is 10.6 Å². The second-order valence-electron chi connectivity index (χ2n) is 4.79. The van der Waals surface area contributed by atoms with Crippen LogP contribution in [0.3, 0.4) is 0 Å². The average molecular weight is 299 g/mol. The Labute approximate surface area is 128 Å². The fraction of sp³-hybridized carbons (Fsp3) is 0.188. The van der Waals surface area contributed by atoms with Gasteiger partial charge in [0.15, 0.2) is 11.6 Å². The van der Waals surface area contributed by atoms with Crippen molar-refractivity contribution in [3.8, 4) is 5.75 Å². The second kappa shape index (κ2) is 7.21. The predicted octanol–water partition coefficient (Wildman–Crippen LogP) is 1.99. The number of anilines is 1. The molecule has 2 aromatic rings. The summed E-state index contributed by atoms with van der Waals surface area (Å²) in [5.74, 6) is -0.576. The number of carbonyl (C=O) groups excluding carboxylic acids is 2. The Balaban J connectivity index is 2.08. The molecule has 1 aromatic heterocycles. The fourth-order valence-electron chi connectivity index (χ4n) is 2.04. The van der Waals surface area contributed by atoms with Crippen LogP contribution in [0.2, 0.25) is 0 Å². The first-order chi connectivity index (χ1) is 10.6. The van der Waals surface area contributed by atoms with Gasteiger partial charge in [-0.15, -0.1) is 0 Å². The molecule has 0 unspecified atom stereocenters. The summed E-state index contributed by atoms with van der Waals surface area (Å²) in [5, 5.41) is 14.9. The zero-order valence-electron chi connectivity index (χ0n) is 12.1. The number of aromatic nitrogens is 1. The van der Waals surface area contributed by atoms with Gasteiger partial charge in [-0.3, -0.25) is 9.59 Å². The van der Waals surface area contributed by atoms with Crippen LogP contribution in [0.25, 0.3) is 0 Å². The quantitative estimate of drug-likeness (QED) is 0.787. The third kappa shape index (κ3) is 4.31. The summed E-state index contributed by atoms with van der Waals surface area (Å²) in [4.78, 5) is 27.3. The standard InChI is InChI=1S/C16H17N3O3/c1-11(20)18-13(12-6-3-2-4-7-12)10-15(22)19-16-14(21)8-5-9-17-16/h2-9,13,21H,10H2,1H3,(H,18,20)(H,17,19,22)/t13-/m1/s1. The van der Waals surface area contributed by atoms with E-state index in [-0.39, 0.29) is 29.8 Å². The molecular formula is C16H17N3O3. The highest BCUT2D eigenvalue weighted by Crippen LogP contribution is 2.21. The number of amides is 2. The SMILES string of the molecule is CC(=O)N[C@H](CC(=O)Nc1ncccc1O)c1ccccc1. The summed E-state index contributed by atoms with van der Waals surface area (Å²) < 4.78 is 0. The summed E-state index contributed by atoms with van der Waals surface area (Å²) in [6, 6.07) is 11.8. The van der Waals surface area contributed by atoms with Crippen molar-refractivity contribution in [1.29, 1.82) is 0 Å². The van der Waals surface area contributed by atoms with Gasteiger partial charge in [0.1, 0.15) is 0 Å². The van der Waals surface area contributed by atoms with E-state index in [0.717, 1.165) is 5.56 Å². The van der Waals surface area contributed by atoms with E-state index in [4.69, 9.17) is 0 Å². The lowest BCUT2D eigenvalue weighted by Crippen LogP contribution is -2.29. The molecule has 0 fully saturated rings. The molecule has 0 saturated carbocycles. The number of hydrogen-bond donors (Lipinski definition) is 3. The lowest BCUT2D eigenvalue weighted by Gasteiger charge is -2.18. The summed E-state index contributed by atoms with van der Waals surface area (Å²) in [6.45, 7) is 1.40. The van der Waals surface area contributed by atoms with Crippen LogP contribution in [-0.2, 0) is 9.59 Å². The first kappa shape index (κ1) is 15.5. The van der Waals surface area contributed by atoms with E-state index in [0.29, 0.717) is 0 Å². The molecule has 2 amide bonds. The van der Waals surface area contributed by atoms with Crippen LogP contribution in [0, 0.1) is 0 Å². The van der Waals surface area contributed by atoms with Gasteiger partial charge in [-0.2, -0.15) is 0 Å². The Morgan fingerprint density at radius 2 is 1.91 bits per heavy atom. The van der Waals surface area contributed by atoms with E-state index < -0.39 is 6.04 Å². The van der Waals surface area contributed by atoms with Gasteiger partial charge in [0.25, 0.3) is 0 Å². The number of benzene rings is 1. The number of pyridine rings is 1. The highest BCUT2D eigenvalue weighted by molar-refractivity contribution is 5.91. The first-order valence-corrected chi connectivity index (χ1v) is 6.82. The molecule has 0 saturated heterocycles. The highest BCUT2D eigenvalue weighted by atomic mass is 16.3. The lowest BCUT2D eigenvalue weighted by atomic mass is 10.0. The smallest absolute Gasteiger partial charge is 0.228 e. The maximum Gasteiger partial charge on any atom is 0.228 e. The van der Waals surface area contributed by atoms with E-state index in [2.05, 4.69) is 15.6 Å². The fourth-order valence-corrected chi connectivity index (χ4v) is 2.04. The molecule has 0 aliphatic rings. The normalized spacial score (nSPS) is 11.5. The van der Waals surface area contributed by atoms with Gasteiger partial charge < -0.3 is 15.7 Å². The topological polar surface area (TPSA) is 91.3 Å². The average Bonchev–Trinajstić information content (AvgIpc) is 2.49. The van der Waals surface area contributed by atoms with Crippen molar-refractivity contribution in [3.63, 3.8) is 0 Å². The van der Waals surface area contributed by atoms with Crippen LogP contribution in [0.4, 0.5) is 5.82 Å². The number of hydrogen-bond acceptors (Lipinski definition) is 4. The molecule has 0 aliphatic carbocycles. The summed E-state index contributed by atoms with van der Waals surface area (Å²) in [6.07, 6.45) is 1.51. The van der Waals surface area contributed by atoms with E-state index >= 15 is 0 Å². The minimum absolute atomic E-state index is 0.0413. The van der Waals surface area contributed by atoms with Gasteiger partial charge in [-0.05, 0) is 17.7 Å². The number of carbonyl (C=O) groups is 2. The summed E-state index contributed by atoms with van der Waals surface area (Å²) in [7, 11) is 0. The van der Waals surface area contributed by atoms with Crippen molar-refractivity contribution < 1.29 is 14.7 Å². The van der Waals surface area contributed by atoms with Crippen molar-refractivity contribution in [2.45, 2.75) is 19.4 Å². The Hall–Kier alpha value is -2.89. The van der Waals surface area contributed by atoms with Gasteiger partial charge in [-0.1, -0.05) is 30.3 Å². The molecule has 1 aromatic carbocycles. The van der Waals surface area contributed by atoms with Crippen molar-refractivity contribution in [2.75, 3.05) is 5.32 Å². The van der Waals surface area contributed by atoms with Crippen molar-refractivity contribution >= 4 is 17.6 Å². The predicted molar refractivity (Wildman–Crippen MR) is 82.1 cm³/mol. The van der Waals surface area contributed by atoms with Gasteiger partial charge >= 0.3 is 0 Å². The van der Waals surface area contributed by atoms with Crippen molar-refractivity contribution in [3.05, 3.63) is 54.2 Å². The maximum absolute atomic E-state index is 12.1. The summed E-state index contributed by atoms with van der Waals surface area (Å²) >= 11 is 0. The molecule has 0 spiro atoms. The molecule has 6 heteroatoms. The van der Waals surface area contributed by atoms with Crippen LogP contribution in [0.15, 0.2) is 48.7 Å². The van der Waals surface area contributed by atoms with Gasteiger partial charge in [0, 0.05) is 13.1 Å². The number of nitrogens with one attached hydrogen (secondary N) is 2. The number of rotatable bonds is 5. The molecule has 0 radical (unpaired) electrons. The van der Waals surface area contributed by atoms with Crippen LogP contribution in [0.5, 0.6) is 5.75 Å². The Morgan fingerprint density at radius 3 is 2.55 bits per heavy atom. The van der Waals surface area contributed by atoms with Crippen molar-refractivity contribution in [2.24, 2.45) is 0 Å². The Kier molecular flexibility index (Phi) is 5.08. The lowest BCUT2D eigenvalue weighted by molar-refractivity contribution is -0.120. The van der Waals surface area contributed by atoms with Gasteiger partial charge in [0.05, 0.1) is 12.5 Å². The molecule has 114 valence electrons.